The van der Waals surface area contributed by atoms with Crippen LogP contribution in [0.5, 0.6) is 0 Å². The summed E-state index contributed by atoms with van der Waals surface area (Å²) in [5.74, 6) is 0. The molecule has 0 aliphatic rings. The summed E-state index contributed by atoms with van der Waals surface area (Å²) in [6.45, 7) is 0. The van der Waals surface area contributed by atoms with Gasteiger partial charge >= 0.3 is 43.5 Å². The fourth-order valence-electron chi connectivity index (χ4n) is 0. The summed E-state index contributed by atoms with van der Waals surface area (Å²) in [6, 6.07) is 0. The van der Waals surface area contributed by atoms with Gasteiger partial charge in [-0.3, -0.25) is 0 Å². The summed E-state index contributed by atoms with van der Waals surface area (Å²) in [5.41, 5.74) is 0. The predicted octanol–water partition coefficient (Wildman–Crippen LogP) is -0.243. The van der Waals surface area contributed by atoms with Gasteiger partial charge in [-0.25, -0.2) is 0 Å². The molecular weight excluding hydrogens is 181 g/mol. The van der Waals surface area contributed by atoms with Crippen LogP contribution in [0.15, 0.2) is 0 Å². The smallest absolute Gasteiger partial charge is 4.00 e. The molecule has 0 atom stereocenters. The number of hydrogen-bond donors (Lipinski definition) is 0. The molecule has 4 heteroatoms. The summed E-state index contributed by atoms with van der Waals surface area (Å²) in [7, 11) is 0. The average Bonchev–Trinajstić information content (AvgIpc) is 1.00. The first-order valence-corrected chi connectivity index (χ1v) is 0.854. The first-order valence-electron chi connectivity index (χ1n) is 0.144. The van der Waals surface area contributed by atoms with Gasteiger partial charge in [0.15, 0.2) is 0 Å². The molecule has 0 aromatic rings. The summed E-state index contributed by atoms with van der Waals surface area (Å²) >= 11 is 1.10. The van der Waals surface area contributed by atoms with E-state index >= 15 is 0 Å². The maximum atomic E-state index is 8.18. The van der Waals surface area contributed by atoms with Gasteiger partial charge in [0.05, 0.1) is 0 Å². The van der Waals surface area contributed by atoms with Gasteiger partial charge in [-0.1, -0.05) is 0 Å². The predicted molar refractivity (Wildman–Crippen MR) is 1.37 cm³/mol. The van der Waals surface area contributed by atoms with Gasteiger partial charge in [0, 0.05) is 0 Å². The van der Waals surface area contributed by atoms with Crippen molar-refractivity contribution in [3.8, 4) is 0 Å². The largest absolute Gasteiger partial charge is 4.00 e. The van der Waals surface area contributed by atoms with E-state index in [1.165, 1.54) is 0 Å². The monoisotopic (exact) mass is 182 g/mol. The molecule has 0 aliphatic heterocycles. The Labute approximate surface area is 49.1 Å². The Kier molecular flexibility index (Phi) is 159. The standard InChI is InChI=1S/2O.Ru.Ti/q;-2;+1;+4. The van der Waals surface area contributed by atoms with E-state index in [4.69, 9.17) is 3.57 Å². The molecule has 0 N–H and O–H groups in total. The second-order valence-corrected chi connectivity index (χ2v) is 0. The van der Waals surface area contributed by atoms with Crippen LogP contribution in [0.2, 0.25) is 0 Å². The molecule has 0 bridgehead atoms. The van der Waals surface area contributed by atoms with Gasteiger partial charge in [0.2, 0.25) is 0 Å². The molecule has 0 unspecified atom stereocenters. The number of hydrogen-bond acceptors (Lipinski definition) is 1. The topological polar surface area (TPSA) is 45.6 Å². The molecule has 0 rings (SSSR count). The molecule has 0 spiro atoms. The first kappa shape index (κ1) is 19.5. The Hall–Kier alpha value is 1.10. The van der Waals surface area contributed by atoms with Gasteiger partial charge in [-0.15, -0.1) is 0 Å². The molecule has 0 aromatic carbocycles. The van der Waals surface area contributed by atoms with Crippen molar-refractivity contribution in [1.82, 2.24) is 0 Å². The molecule has 0 heterocycles. The van der Waals surface area contributed by atoms with Crippen LogP contribution in [-0.4, -0.2) is 0 Å². The van der Waals surface area contributed by atoms with E-state index in [2.05, 4.69) is 0 Å². The molecule has 0 saturated carbocycles. The van der Waals surface area contributed by atoms with Gasteiger partial charge in [-0.2, -0.15) is 0 Å². The Morgan fingerprint density at radius 1 is 1.25 bits per heavy atom. The first-order chi connectivity index (χ1) is 1.00. The van der Waals surface area contributed by atoms with Crippen LogP contribution in [-0.2, 0) is 49.0 Å². The van der Waals surface area contributed by atoms with Crippen molar-refractivity contribution < 1.29 is 49.0 Å². The maximum absolute atomic E-state index is 8.18. The molecule has 0 aliphatic carbocycles. The van der Waals surface area contributed by atoms with E-state index in [9.17, 15) is 0 Å². The van der Waals surface area contributed by atoms with Crippen LogP contribution in [0.25, 0.3) is 0 Å². The van der Waals surface area contributed by atoms with Crippen LogP contribution in [0.4, 0.5) is 0 Å². The Balaban J connectivity index is -0.00000000500. The second-order valence-electron chi connectivity index (χ2n) is 0. The minimum atomic E-state index is 0. The zero-order valence-electron chi connectivity index (χ0n) is 1.67. The van der Waals surface area contributed by atoms with Crippen molar-refractivity contribution in [2.24, 2.45) is 0 Å². The molecule has 21 valence electrons. The summed E-state index contributed by atoms with van der Waals surface area (Å²) in [6.07, 6.45) is 0. The Bertz CT molecular complexity index is 6.00. The van der Waals surface area contributed by atoms with Gasteiger partial charge in [0.25, 0.3) is 0 Å². The van der Waals surface area contributed by atoms with Crippen LogP contribution < -0.4 is 0 Å². The van der Waals surface area contributed by atoms with Crippen LogP contribution in [0.3, 0.4) is 0 Å². The SMILES string of the molecule is [O-2].[O]=[Ru+].[Ti+4]. The van der Waals surface area contributed by atoms with Crippen molar-refractivity contribution in [3.63, 3.8) is 0 Å². The fraction of sp³-hybridized carbons (Fsp3) is 0. The Morgan fingerprint density at radius 3 is 1.25 bits per heavy atom. The van der Waals surface area contributed by atoms with E-state index in [-0.39, 0.29) is 27.2 Å². The quantitative estimate of drug-likeness (QED) is 0.475. The molecule has 0 saturated heterocycles. The van der Waals surface area contributed by atoms with Crippen LogP contribution in [0, 0.1) is 0 Å². The normalized spacial score (nSPS) is 1.00. The van der Waals surface area contributed by atoms with Gasteiger partial charge in [-0.05, 0) is 0 Å². The van der Waals surface area contributed by atoms with E-state index in [0.29, 0.717) is 0 Å². The molecular formula is O2RuTi+3. The van der Waals surface area contributed by atoms with Crippen molar-refractivity contribution in [2.75, 3.05) is 0 Å². The maximum Gasteiger partial charge on any atom is 4.00 e. The summed E-state index contributed by atoms with van der Waals surface area (Å²) in [5, 5.41) is 0. The number of rotatable bonds is 0. The van der Waals surface area contributed by atoms with E-state index < -0.39 is 0 Å². The Morgan fingerprint density at radius 2 is 1.25 bits per heavy atom. The molecule has 0 fully saturated rings. The minimum absolute atomic E-state index is 0. The molecule has 0 amide bonds. The van der Waals surface area contributed by atoms with E-state index in [0.717, 1.165) is 18.3 Å². The zero-order chi connectivity index (χ0) is 2.00. The van der Waals surface area contributed by atoms with E-state index in [1.54, 1.807) is 0 Å². The summed E-state index contributed by atoms with van der Waals surface area (Å²) < 4.78 is 8.18. The molecule has 4 heavy (non-hydrogen) atoms. The van der Waals surface area contributed by atoms with E-state index in [1.807, 2.05) is 0 Å². The molecule has 0 radical (unpaired) electrons. The van der Waals surface area contributed by atoms with Crippen molar-refractivity contribution in [2.45, 2.75) is 0 Å². The molecule has 0 aromatic heterocycles. The second kappa shape index (κ2) is 32.6. The minimum Gasteiger partial charge on any atom is 4.00 e. The van der Waals surface area contributed by atoms with Crippen molar-refractivity contribution >= 4 is 0 Å². The third kappa shape index (κ3) is 11.3. The third-order valence-corrected chi connectivity index (χ3v) is 0. The van der Waals surface area contributed by atoms with Crippen LogP contribution in [0.1, 0.15) is 0 Å². The molecule has 2 nitrogen and oxygen atoms in total. The van der Waals surface area contributed by atoms with Gasteiger partial charge in [0.1, 0.15) is 0 Å². The van der Waals surface area contributed by atoms with Crippen molar-refractivity contribution in [3.05, 3.63) is 0 Å². The van der Waals surface area contributed by atoms with Crippen LogP contribution >= 0.6 is 0 Å². The third-order valence-electron chi connectivity index (χ3n) is 0. The average molecular weight is 181 g/mol. The van der Waals surface area contributed by atoms with Crippen molar-refractivity contribution in [1.29, 1.82) is 0 Å². The zero-order valence-corrected chi connectivity index (χ0v) is 4.97. The summed E-state index contributed by atoms with van der Waals surface area (Å²) in [4.78, 5) is 0. The van der Waals surface area contributed by atoms with Gasteiger partial charge < -0.3 is 5.48 Å². The fourth-order valence-corrected chi connectivity index (χ4v) is 0.